The number of hydrogen-bond acceptors (Lipinski definition) is 2. The summed E-state index contributed by atoms with van der Waals surface area (Å²) in [7, 11) is 0. The van der Waals surface area contributed by atoms with E-state index in [0.717, 1.165) is 31.0 Å². The molecule has 19 heavy (non-hydrogen) atoms. The van der Waals surface area contributed by atoms with E-state index in [9.17, 15) is 0 Å². The molecule has 1 heterocycles. The van der Waals surface area contributed by atoms with Crippen molar-refractivity contribution >= 4 is 11.6 Å². The first-order chi connectivity index (χ1) is 9.29. The molecule has 0 amide bonds. The zero-order valence-electron chi connectivity index (χ0n) is 11.2. The third-order valence-corrected chi connectivity index (χ3v) is 3.48. The summed E-state index contributed by atoms with van der Waals surface area (Å²) in [5, 5.41) is 4.38. The highest BCUT2D eigenvalue weighted by atomic mass is 35.5. The van der Waals surface area contributed by atoms with Crippen LogP contribution in [0.4, 0.5) is 0 Å². The van der Waals surface area contributed by atoms with Crippen LogP contribution in [-0.2, 0) is 6.54 Å². The molecule has 0 aliphatic rings. The quantitative estimate of drug-likeness (QED) is 0.783. The first kappa shape index (κ1) is 14.1. The minimum atomic E-state index is 0.403. The molecule has 3 nitrogen and oxygen atoms in total. The molecule has 0 bridgehead atoms. The van der Waals surface area contributed by atoms with Crippen molar-refractivity contribution in [1.29, 1.82) is 0 Å². The number of halogens is 1. The molecule has 4 heteroatoms. The van der Waals surface area contributed by atoms with E-state index in [-0.39, 0.29) is 0 Å². The fourth-order valence-corrected chi connectivity index (χ4v) is 2.28. The third kappa shape index (κ3) is 4.37. The summed E-state index contributed by atoms with van der Waals surface area (Å²) >= 11 is 5.91. The van der Waals surface area contributed by atoms with Crippen molar-refractivity contribution in [3.05, 3.63) is 53.6 Å². The van der Waals surface area contributed by atoms with Gasteiger partial charge in [-0.3, -0.25) is 0 Å². The number of rotatable bonds is 7. The van der Waals surface area contributed by atoms with Crippen molar-refractivity contribution in [2.75, 3.05) is 6.54 Å². The van der Waals surface area contributed by atoms with Crippen LogP contribution in [-0.4, -0.2) is 16.1 Å². The summed E-state index contributed by atoms with van der Waals surface area (Å²) in [4.78, 5) is 4.04. The second-order valence-electron chi connectivity index (χ2n) is 4.62. The Bertz CT molecular complexity index is 465. The Balaban J connectivity index is 1.77. The van der Waals surface area contributed by atoms with Crippen molar-refractivity contribution < 1.29 is 0 Å². The van der Waals surface area contributed by atoms with Gasteiger partial charge in [-0.1, -0.05) is 30.7 Å². The highest BCUT2D eigenvalue weighted by Crippen LogP contribution is 2.18. The van der Waals surface area contributed by atoms with Gasteiger partial charge in [-0.2, -0.15) is 0 Å². The van der Waals surface area contributed by atoms with Crippen LogP contribution in [0.3, 0.4) is 0 Å². The van der Waals surface area contributed by atoms with Crippen LogP contribution in [0, 0.1) is 0 Å². The molecule has 102 valence electrons. The van der Waals surface area contributed by atoms with Gasteiger partial charge in [-0.15, -0.1) is 0 Å². The molecule has 0 aliphatic carbocycles. The Labute approximate surface area is 119 Å². The summed E-state index contributed by atoms with van der Waals surface area (Å²) in [6.07, 6.45) is 7.84. The fourth-order valence-electron chi connectivity index (χ4n) is 2.15. The van der Waals surface area contributed by atoms with Crippen LogP contribution in [0.5, 0.6) is 0 Å². The van der Waals surface area contributed by atoms with Crippen molar-refractivity contribution in [1.82, 2.24) is 14.9 Å². The van der Waals surface area contributed by atoms with E-state index < -0.39 is 0 Å². The summed E-state index contributed by atoms with van der Waals surface area (Å²) < 4.78 is 2.10. The highest BCUT2D eigenvalue weighted by Gasteiger charge is 2.07. The number of benzene rings is 1. The predicted molar refractivity (Wildman–Crippen MR) is 79.3 cm³/mol. The zero-order valence-corrected chi connectivity index (χ0v) is 12.0. The Morgan fingerprint density at radius 1 is 1.32 bits per heavy atom. The minimum absolute atomic E-state index is 0.403. The van der Waals surface area contributed by atoms with Gasteiger partial charge in [0.25, 0.3) is 0 Å². The van der Waals surface area contributed by atoms with Gasteiger partial charge < -0.3 is 9.88 Å². The monoisotopic (exact) mass is 277 g/mol. The lowest BCUT2D eigenvalue weighted by molar-refractivity contribution is 0.491. The van der Waals surface area contributed by atoms with Crippen molar-refractivity contribution in [3.8, 4) is 0 Å². The van der Waals surface area contributed by atoms with E-state index in [2.05, 4.69) is 33.9 Å². The van der Waals surface area contributed by atoms with Crippen LogP contribution in [0.1, 0.15) is 31.4 Å². The van der Waals surface area contributed by atoms with E-state index in [4.69, 9.17) is 11.6 Å². The van der Waals surface area contributed by atoms with Gasteiger partial charge >= 0.3 is 0 Å². The SMILES string of the molecule is CCC(NCCCn1ccnc1)c1ccc(Cl)cc1. The third-order valence-electron chi connectivity index (χ3n) is 3.22. The van der Waals surface area contributed by atoms with Crippen LogP contribution in [0.25, 0.3) is 0 Å². The summed E-state index contributed by atoms with van der Waals surface area (Å²) in [5.74, 6) is 0. The van der Waals surface area contributed by atoms with E-state index in [1.807, 2.05) is 30.9 Å². The van der Waals surface area contributed by atoms with E-state index in [1.165, 1.54) is 5.56 Å². The molecule has 1 atom stereocenters. The van der Waals surface area contributed by atoms with E-state index in [0.29, 0.717) is 6.04 Å². The van der Waals surface area contributed by atoms with Crippen LogP contribution in [0.15, 0.2) is 43.0 Å². The standard InChI is InChI=1S/C15H20ClN3/c1-2-15(13-4-6-14(16)7-5-13)18-8-3-10-19-11-9-17-12-19/h4-7,9,11-12,15,18H,2-3,8,10H2,1H3. The molecular formula is C15H20ClN3. The van der Waals surface area contributed by atoms with Crippen molar-refractivity contribution in [2.45, 2.75) is 32.4 Å². The van der Waals surface area contributed by atoms with Crippen molar-refractivity contribution in [3.63, 3.8) is 0 Å². The zero-order chi connectivity index (χ0) is 13.5. The van der Waals surface area contributed by atoms with Gasteiger partial charge in [0.1, 0.15) is 0 Å². The Morgan fingerprint density at radius 2 is 2.11 bits per heavy atom. The second-order valence-corrected chi connectivity index (χ2v) is 5.06. The van der Waals surface area contributed by atoms with Crippen LogP contribution < -0.4 is 5.32 Å². The Morgan fingerprint density at radius 3 is 2.74 bits per heavy atom. The summed E-state index contributed by atoms with van der Waals surface area (Å²) in [6, 6.07) is 8.50. The lowest BCUT2D eigenvalue weighted by Gasteiger charge is -2.17. The molecule has 2 aromatic rings. The maximum Gasteiger partial charge on any atom is 0.0945 e. The highest BCUT2D eigenvalue weighted by molar-refractivity contribution is 6.30. The molecule has 1 aromatic carbocycles. The second kappa shape index (κ2) is 7.31. The maximum atomic E-state index is 5.91. The predicted octanol–water partition coefficient (Wildman–Crippen LogP) is 3.67. The number of nitrogens with zero attached hydrogens (tertiary/aromatic N) is 2. The molecule has 0 saturated carbocycles. The van der Waals surface area contributed by atoms with Gasteiger partial charge in [-0.25, -0.2) is 4.98 Å². The smallest absolute Gasteiger partial charge is 0.0945 e. The first-order valence-corrected chi connectivity index (χ1v) is 7.12. The van der Waals surface area contributed by atoms with Gasteiger partial charge in [0.05, 0.1) is 6.33 Å². The molecule has 0 fully saturated rings. The topological polar surface area (TPSA) is 29.9 Å². The normalized spacial score (nSPS) is 12.5. The van der Waals surface area contributed by atoms with Crippen LogP contribution in [0.2, 0.25) is 5.02 Å². The molecule has 1 unspecified atom stereocenters. The fraction of sp³-hybridized carbons (Fsp3) is 0.400. The average molecular weight is 278 g/mol. The maximum absolute atomic E-state index is 5.91. The molecule has 2 rings (SSSR count). The minimum Gasteiger partial charge on any atom is -0.337 e. The first-order valence-electron chi connectivity index (χ1n) is 6.74. The Hall–Kier alpha value is -1.32. The van der Waals surface area contributed by atoms with E-state index in [1.54, 1.807) is 0 Å². The number of imidazole rings is 1. The molecule has 1 aromatic heterocycles. The average Bonchev–Trinajstić information content (AvgIpc) is 2.93. The van der Waals surface area contributed by atoms with Crippen LogP contribution >= 0.6 is 11.6 Å². The summed E-state index contributed by atoms with van der Waals surface area (Å²) in [6.45, 7) is 4.20. The number of nitrogens with one attached hydrogen (secondary N) is 1. The van der Waals surface area contributed by atoms with Gasteiger partial charge in [0, 0.05) is 30.0 Å². The Kier molecular flexibility index (Phi) is 5.43. The summed E-state index contributed by atoms with van der Waals surface area (Å²) in [5.41, 5.74) is 1.30. The van der Waals surface area contributed by atoms with Crippen molar-refractivity contribution in [2.24, 2.45) is 0 Å². The number of aromatic nitrogens is 2. The molecule has 1 N–H and O–H groups in total. The molecule has 0 radical (unpaired) electrons. The number of aryl methyl sites for hydroxylation is 1. The van der Waals surface area contributed by atoms with Gasteiger partial charge in [0.15, 0.2) is 0 Å². The van der Waals surface area contributed by atoms with E-state index >= 15 is 0 Å². The largest absolute Gasteiger partial charge is 0.337 e. The molecule has 0 saturated heterocycles. The lowest BCUT2D eigenvalue weighted by Crippen LogP contribution is -2.22. The lowest BCUT2D eigenvalue weighted by atomic mass is 10.0. The molecule has 0 aliphatic heterocycles. The number of hydrogen-bond donors (Lipinski definition) is 1. The van der Waals surface area contributed by atoms with Gasteiger partial charge in [-0.05, 0) is 37.1 Å². The molecule has 0 spiro atoms. The van der Waals surface area contributed by atoms with Gasteiger partial charge in [0.2, 0.25) is 0 Å². The molecular weight excluding hydrogens is 258 g/mol.